The zero-order valence-electron chi connectivity index (χ0n) is 9.37. The van der Waals surface area contributed by atoms with Crippen LogP contribution in [0.5, 0.6) is 0 Å². The first-order chi connectivity index (χ1) is 8.02. The van der Waals surface area contributed by atoms with Crippen LogP contribution in [0.4, 0.5) is 4.79 Å². The van der Waals surface area contributed by atoms with E-state index < -0.39 is 6.09 Å². The van der Waals surface area contributed by atoms with E-state index in [1.165, 1.54) is 7.05 Å². The Kier molecular flexibility index (Phi) is 5.55. The minimum absolute atomic E-state index is 0.138. The maximum atomic E-state index is 10.8. The van der Waals surface area contributed by atoms with E-state index in [0.717, 1.165) is 5.56 Å². The van der Waals surface area contributed by atoms with Gasteiger partial charge in [0.1, 0.15) is 6.61 Å². The molecule has 0 saturated heterocycles. The van der Waals surface area contributed by atoms with Gasteiger partial charge in [0.05, 0.1) is 0 Å². The van der Waals surface area contributed by atoms with Crippen molar-refractivity contribution in [2.24, 2.45) is 5.73 Å². The Labute approximate surface area is 110 Å². The lowest BCUT2D eigenvalue weighted by atomic mass is 10.1. The van der Waals surface area contributed by atoms with Gasteiger partial charge in [-0.15, -0.1) is 0 Å². The summed E-state index contributed by atoms with van der Waals surface area (Å²) >= 11 is 11.8. The average molecular weight is 277 g/mol. The molecule has 0 saturated carbocycles. The van der Waals surface area contributed by atoms with E-state index in [1.54, 1.807) is 12.1 Å². The van der Waals surface area contributed by atoms with E-state index in [1.807, 2.05) is 6.07 Å². The van der Waals surface area contributed by atoms with Crippen molar-refractivity contribution >= 4 is 29.3 Å². The quantitative estimate of drug-likeness (QED) is 0.886. The summed E-state index contributed by atoms with van der Waals surface area (Å²) in [6.07, 6.45) is 0.0233. The van der Waals surface area contributed by atoms with Crippen molar-refractivity contribution in [2.45, 2.75) is 12.5 Å². The van der Waals surface area contributed by atoms with Gasteiger partial charge in [0, 0.05) is 23.1 Å². The van der Waals surface area contributed by atoms with E-state index in [9.17, 15) is 4.79 Å². The number of carbonyl (C=O) groups is 1. The van der Waals surface area contributed by atoms with Gasteiger partial charge < -0.3 is 15.8 Å². The van der Waals surface area contributed by atoms with Gasteiger partial charge in [0.15, 0.2) is 0 Å². The molecule has 4 nitrogen and oxygen atoms in total. The average Bonchev–Trinajstić information content (AvgIpc) is 2.29. The molecule has 0 radical (unpaired) electrons. The lowest BCUT2D eigenvalue weighted by molar-refractivity contribution is 0.141. The number of rotatable bonds is 4. The van der Waals surface area contributed by atoms with Crippen LogP contribution in [0.25, 0.3) is 0 Å². The monoisotopic (exact) mass is 276 g/mol. The molecule has 0 aliphatic heterocycles. The lowest BCUT2D eigenvalue weighted by Gasteiger charge is -2.13. The summed E-state index contributed by atoms with van der Waals surface area (Å²) in [5.41, 5.74) is 6.70. The fourth-order valence-electron chi connectivity index (χ4n) is 1.28. The van der Waals surface area contributed by atoms with Gasteiger partial charge in [-0.25, -0.2) is 4.79 Å². The van der Waals surface area contributed by atoms with Gasteiger partial charge in [-0.3, -0.25) is 0 Å². The molecular formula is C11H14Cl2N2O2. The van der Waals surface area contributed by atoms with E-state index in [4.69, 9.17) is 33.7 Å². The second-order valence-electron chi connectivity index (χ2n) is 3.55. The second-order valence-corrected chi connectivity index (χ2v) is 4.39. The predicted octanol–water partition coefficient (Wildman–Crippen LogP) is 2.22. The first kappa shape index (κ1) is 14.1. The molecule has 0 aliphatic rings. The lowest BCUT2D eigenvalue weighted by Crippen LogP contribution is -2.32. The largest absolute Gasteiger partial charge is 0.448 e. The van der Waals surface area contributed by atoms with E-state index in [0.29, 0.717) is 16.5 Å². The van der Waals surface area contributed by atoms with Crippen LogP contribution in [0, 0.1) is 0 Å². The van der Waals surface area contributed by atoms with E-state index >= 15 is 0 Å². The van der Waals surface area contributed by atoms with Crippen molar-refractivity contribution < 1.29 is 9.53 Å². The molecule has 94 valence electrons. The van der Waals surface area contributed by atoms with Crippen molar-refractivity contribution in [3.8, 4) is 0 Å². The number of hydrogen-bond acceptors (Lipinski definition) is 3. The number of alkyl carbamates (subject to hydrolysis) is 1. The summed E-state index contributed by atoms with van der Waals surface area (Å²) < 4.78 is 4.84. The molecule has 1 atom stereocenters. The molecule has 1 rings (SSSR count). The maximum absolute atomic E-state index is 10.8. The van der Waals surface area contributed by atoms with Crippen LogP contribution in [0.3, 0.4) is 0 Å². The molecule has 1 aromatic carbocycles. The van der Waals surface area contributed by atoms with Gasteiger partial charge in [-0.2, -0.15) is 0 Å². The maximum Gasteiger partial charge on any atom is 0.406 e. The zero-order chi connectivity index (χ0) is 12.8. The first-order valence-corrected chi connectivity index (χ1v) is 5.82. The SMILES string of the molecule is CNC(=O)OC[C@H](N)Cc1ccc(Cl)cc1Cl. The summed E-state index contributed by atoms with van der Waals surface area (Å²) in [6.45, 7) is 0.138. The summed E-state index contributed by atoms with van der Waals surface area (Å²) in [4.78, 5) is 10.8. The third kappa shape index (κ3) is 4.81. The molecule has 1 amide bonds. The zero-order valence-corrected chi connectivity index (χ0v) is 10.9. The standard InChI is InChI=1S/C11H14Cl2N2O2/c1-15-11(16)17-6-9(14)4-7-2-3-8(12)5-10(7)13/h2-3,5,9H,4,6,14H2,1H3,(H,15,16)/t9-/m1/s1. The van der Waals surface area contributed by atoms with E-state index in [2.05, 4.69) is 5.32 Å². The van der Waals surface area contributed by atoms with Gasteiger partial charge in [-0.05, 0) is 24.1 Å². The van der Waals surface area contributed by atoms with Crippen LogP contribution in [0.15, 0.2) is 18.2 Å². The summed E-state index contributed by atoms with van der Waals surface area (Å²) in [5, 5.41) is 3.48. The molecule has 0 spiro atoms. The molecule has 0 fully saturated rings. The molecule has 3 N–H and O–H groups in total. The van der Waals surface area contributed by atoms with Crippen molar-refractivity contribution in [3.63, 3.8) is 0 Å². The van der Waals surface area contributed by atoms with E-state index in [-0.39, 0.29) is 12.6 Å². The number of nitrogens with two attached hydrogens (primary N) is 1. The molecular weight excluding hydrogens is 263 g/mol. The fourth-order valence-corrected chi connectivity index (χ4v) is 1.77. The third-order valence-corrected chi connectivity index (χ3v) is 2.72. The predicted molar refractivity (Wildman–Crippen MR) is 68.5 cm³/mol. The minimum atomic E-state index is -0.498. The first-order valence-electron chi connectivity index (χ1n) is 5.07. The highest BCUT2D eigenvalue weighted by molar-refractivity contribution is 6.35. The van der Waals surface area contributed by atoms with Gasteiger partial charge in [0.2, 0.25) is 0 Å². The van der Waals surface area contributed by atoms with Crippen LogP contribution < -0.4 is 11.1 Å². The molecule has 0 unspecified atom stereocenters. The molecule has 0 heterocycles. The third-order valence-electron chi connectivity index (χ3n) is 2.13. The Morgan fingerprint density at radius 1 is 1.53 bits per heavy atom. The van der Waals surface area contributed by atoms with Gasteiger partial charge in [0.25, 0.3) is 0 Å². The molecule has 6 heteroatoms. The molecule has 0 bridgehead atoms. The molecule has 0 aromatic heterocycles. The summed E-state index contributed by atoms with van der Waals surface area (Å²) in [6, 6.07) is 4.91. The normalized spacial score (nSPS) is 12.0. The van der Waals surface area contributed by atoms with Crippen LogP contribution in [-0.4, -0.2) is 25.8 Å². The van der Waals surface area contributed by atoms with Crippen molar-refractivity contribution in [1.82, 2.24) is 5.32 Å². The van der Waals surface area contributed by atoms with Gasteiger partial charge >= 0.3 is 6.09 Å². The number of amides is 1. The fraction of sp³-hybridized carbons (Fsp3) is 0.364. The molecule has 0 aliphatic carbocycles. The number of halogens is 2. The Bertz CT molecular complexity index is 399. The summed E-state index contributed by atoms with van der Waals surface area (Å²) in [7, 11) is 1.49. The number of carbonyl (C=O) groups excluding carboxylic acids is 1. The molecule has 1 aromatic rings. The Hall–Kier alpha value is -0.970. The topological polar surface area (TPSA) is 64.3 Å². The second kappa shape index (κ2) is 6.69. The Morgan fingerprint density at radius 3 is 2.82 bits per heavy atom. The minimum Gasteiger partial charge on any atom is -0.448 e. The van der Waals surface area contributed by atoms with Gasteiger partial charge in [-0.1, -0.05) is 29.3 Å². The number of hydrogen-bond donors (Lipinski definition) is 2. The highest BCUT2D eigenvalue weighted by Crippen LogP contribution is 2.21. The number of nitrogens with one attached hydrogen (secondary N) is 1. The van der Waals surface area contributed by atoms with Crippen molar-refractivity contribution in [1.29, 1.82) is 0 Å². The van der Waals surface area contributed by atoms with Crippen molar-refractivity contribution in [3.05, 3.63) is 33.8 Å². The summed E-state index contributed by atoms with van der Waals surface area (Å²) in [5.74, 6) is 0. The highest BCUT2D eigenvalue weighted by atomic mass is 35.5. The Morgan fingerprint density at radius 2 is 2.24 bits per heavy atom. The van der Waals surface area contributed by atoms with Crippen LogP contribution >= 0.6 is 23.2 Å². The number of benzene rings is 1. The van der Waals surface area contributed by atoms with Crippen LogP contribution in [-0.2, 0) is 11.2 Å². The smallest absolute Gasteiger partial charge is 0.406 e. The van der Waals surface area contributed by atoms with Crippen LogP contribution in [0.2, 0.25) is 10.0 Å². The van der Waals surface area contributed by atoms with Crippen molar-refractivity contribution in [2.75, 3.05) is 13.7 Å². The Balaban J connectivity index is 2.50. The van der Waals surface area contributed by atoms with Crippen LogP contribution in [0.1, 0.15) is 5.56 Å². The highest BCUT2D eigenvalue weighted by Gasteiger charge is 2.10. The molecule has 17 heavy (non-hydrogen) atoms. The number of ether oxygens (including phenoxy) is 1.